The van der Waals surface area contributed by atoms with E-state index in [-0.39, 0.29) is 12.8 Å². The molecule has 2 rings (SSSR count). The van der Waals surface area contributed by atoms with Gasteiger partial charge < -0.3 is 4.74 Å². The van der Waals surface area contributed by atoms with Gasteiger partial charge in [0.25, 0.3) is 0 Å². The van der Waals surface area contributed by atoms with Gasteiger partial charge in [-0.25, -0.2) is 4.39 Å². The zero-order chi connectivity index (χ0) is 13.3. The maximum atomic E-state index is 14.6. The van der Waals surface area contributed by atoms with E-state index in [9.17, 15) is 9.18 Å². The minimum Gasteiger partial charge on any atom is -0.497 e. The first kappa shape index (κ1) is 12.8. The molecule has 1 atom stereocenters. The molecule has 0 fully saturated rings. The molecule has 1 aromatic carbocycles. The lowest BCUT2D eigenvalue weighted by atomic mass is 9.77. The van der Waals surface area contributed by atoms with Gasteiger partial charge in [0.1, 0.15) is 5.75 Å². The summed E-state index contributed by atoms with van der Waals surface area (Å²) in [5.74, 6) is 0.280. The minimum absolute atomic E-state index is 0.108. The minimum atomic E-state index is -1.78. The first-order valence-corrected chi connectivity index (χ1v) is 6.01. The Labute approximate surface area is 106 Å². The van der Waals surface area contributed by atoms with Gasteiger partial charge in [-0.3, -0.25) is 4.79 Å². The lowest BCUT2D eigenvalue weighted by molar-refractivity contribution is 0.0637. The molecule has 0 spiro atoms. The number of halogens is 1. The summed E-state index contributed by atoms with van der Waals surface area (Å²) in [4.78, 5) is 12.2. The van der Waals surface area contributed by atoms with Crippen LogP contribution in [0.25, 0.3) is 0 Å². The van der Waals surface area contributed by atoms with Crippen LogP contribution < -0.4 is 4.74 Å². The van der Waals surface area contributed by atoms with Gasteiger partial charge in [0.2, 0.25) is 5.78 Å². The van der Waals surface area contributed by atoms with Crippen LogP contribution in [0.1, 0.15) is 35.7 Å². The van der Waals surface area contributed by atoms with E-state index in [1.165, 1.54) is 0 Å². The fourth-order valence-electron chi connectivity index (χ4n) is 2.46. The molecule has 1 aliphatic carbocycles. The van der Waals surface area contributed by atoms with Crippen molar-refractivity contribution < 1.29 is 13.9 Å². The fraction of sp³-hybridized carbons (Fsp3) is 0.400. The molecule has 0 bridgehead atoms. The number of allylic oxidation sites excluding steroid dienone is 1. The predicted octanol–water partition coefficient (Wildman–Crippen LogP) is 3.50. The van der Waals surface area contributed by atoms with Gasteiger partial charge in [-0.15, -0.1) is 6.58 Å². The van der Waals surface area contributed by atoms with E-state index in [4.69, 9.17) is 4.74 Å². The van der Waals surface area contributed by atoms with Gasteiger partial charge in [-0.2, -0.15) is 0 Å². The van der Waals surface area contributed by atoms with Gasteiger partial charge >= 0.3 is 0 Å². The van der Waals surface area contributed by atoms with E-state index in [1.54, 1.807) is 26.2 Å². The Morgan fingerprint density at radius 1 is 1.56 bits per heavy atom. The molecular formula is C15H17FO2. The van der Waals surface area contributed by atoms with Gasteiger partial charge in [-0.1, -0.05) is 5.57 Å². The number of benzene rings is 1. The SMILES string of the molecule is C=C(C)C[C@]1(F)CCc2cc(OC)ccc2C1=O. The smallest absolute Gasteiger partial charge is 0.200 e. The van der Waals surface area contributed by atoms with Crippen LogP contribution in [0.4, 0.5) is 4.39 Å². The second kappa shape index (κ2) is 4.56. The number of hydrogen-bond donors (Lipinski definition) is 0. The van der Waals surface area contributed by atoms with Gasteiger partial charge in [0, 0.05) is 12.0 Å². The maximum absolute atomic E-state index is 14.6. The average Bonchev–Trinajstić information content (AvgIpc) is 2.33. The standard InChI is InChI=1S/C15H17FO2/c1-10(2)9-15(16)7-6-11-8-12(18-3)4-5-13(11)14(15)17/h4-5,8H,1,6-7,9H2,2-3H3/t15-/m1/s1. The molecule has 2 nitrogen and oxygen atoms in total. The van der Waals surface area contributed by atoms with E-state index in [2.05, 4.69) is 6.58 Å². The number of rotatable bonds is 3. The lowest BCUT2D eigenvalue weighted by Crippen LogP contribution is -2.38. The molecule has 18 heavy (non-hydrogen) atoms. The summed E-state index contributed by atoms with van der Waals surface area (Å²) >= 11 is 0. The van der Waals surface area contributed by atoms with Gasteiger partial charge in [0.15, 0.2) is 5.67 Å². The second-order valence-corrected chi connectivity index (χ2v) is 4.95. The van der Waals surface area contributed by atoms with Crippen LogP contribution in [0.3, 0.4) is 0 Å². The molecule has 0 N–H and O–H groups in total. The molecule has 0 saturated heterocycles. The summed E-state index contributed by atoms with van der Waals surface area (Å²) in [5.41, 5.74) is 0.260. The van der Waals surface area contributed by atoms with Crippen molar-refractivity contribution in [1.82, 2.24) is 0 Å². The molecule has 0 amide bonds. The lowest BCUT2D eigenvalue weighted by Gasteiger charge is -2.30. The highest BCUT2D eigenvalue weighted by Gasteiger charge is 2.42. The third-order valence-electron chi connectivity index (χ3n) is 3.34. The normalized spacial score (nSPS) is 22.5. The van der Waals surface area contributed by atoms with Crippen LogP contribution in [0.2, 0.25) is 0 Å². The third kappa shape index (κ3) is 2.17. The summed E-state index contributed by atoms with van der Waals surface area (Å²) in [5, 5.41) is 0. The Bertz CT molecular complexity index is 507. The monoisotopic (exact) mass is 248 g/mol. The number of ketones is 1. The number of carbonyl (C=O) groups is 1. The first-order chi connectivity index (χ1) is 8.46. The van der Waals surface area contributed by atoms with Crippen LogP contribution >= 0.6 is 0 Å². The van der Waals surface area contributed by atoms with Crippen molar-refractivity contribution in [1.29, 1.82) is 0 Å². The molecule has 0 radical (unpaired) electrons. The van der Waals surface area contributed by atoms with E-state index in [0.717, 1.165) is 5.56 Å². The second-order valence-electron chi connectivity index (χ2n) is 4.95. The Hall–Kier alpha value is -1.64. The van der Waals surface area contributed by atoms with E-state index in [1.807, 2.05) is 6.07 Å². The van der Waals surface area contributed by atoms with Crippen LogP contribution in [-0.2, 0) is 6.42 Å². The largest absolute Gasteiger partial charge is 0.497 e. The number of aryl methyl sites for hydroxylation is 1. The summed E-state index contributed by atoms with van der Waals surface area (Å²) in [6.45, 7) is 5.45. The Morgan fingerprint density at radius 3 is 2.89 bits per heavy atom. The summed E-state index contributed by atoms with van der Waals surface area (Å²) in [6.07, 6.45) is 0.887. The van der Waals surface area contributed by atoms with Crippen molar-refractivity contribution in [3.05, 3.63) is 41.5 Å². The highest BCUT2D eigenvalue weighted by Crippen LogP contribution is 2.37. The Balaban J connectivity index is 2.37. The summed E-state index contributed by atoms with van der Waals surface area (Å²) in [6, 6.07) is 5.17. The number of methoxy groups -OCH3 is 1. The molecule has 3 heteroatoms. The molecule has 0 heterocycles. The number of alkyl halides is 1. The summed E-state index contributed by atoms with van der Waals surface area (Å²) in [7, 11) is 1.58. The van der Waals surface area contributed by atoms with E-state index >= 15 is 0 Å². The van der Waals surface area contributed by atoms with Crippen LogP contribution in [-0.4, -0.2) is 18.6 Å². The quantitative estimate of drug-likeness (QED) is 0.765. The van der Waals surface area contributed by atoms with Gasteiger partial charge in [-0.05, 0) is 43.5 Å². The molecule has 1 aliphatic rings. The number of hydrogen-bond acceptors (Lipinski definition) is 2. The van der Waals surface area contributed by atoms with Crippen molar-refractivity contribution >= 4 is 5.78 Å². The highest BCUT2D eigenvalue weighted by atomic mass is 19.1. The molecule has 0 unspecified atom stereocenters. The number of ether oxygens (including phenoxy) is 1. The summed E-state index contributed by atoms with van der Waals surface area (Å²) < 4.78 is 19.7. The fourth-order valence-corrected chi connectivity index (χ4v) is 2.46. The van der Waals surface area contributed by atoms with Crippen molar-refractivity contribution in [2.45, 2.75) is 31.9 Å². The topological polar surface area (TPSA) is 26.3 Å². The number of carbonyl (C=O) groups excluding carboxylic acids is 1. The third-order valence-corrected chi connectivity index (χ3v) is 3.34. The number of fused-ring (bicyclic) bond motifs is 1. The van der Waals surface area contributed by atoms with Crippen molar-refractivity contribution in [3.63, 3.8) is 0 Å². The molecule has 0 saturated carbocycles. The Kier molecular flexibility index (Phi) is 3.24. The zero-order valence-electron chi connectivity index (χ0n) is 10.8. The molecule has 0 aromatic heterocycles. The van der Waals surface area contributed by atoms with Crippen LogP contribution in [0.15, 0.2) is 30.4 Å². The number of Topliss-reactive ketones (excluding diaryl/α,β-unsaturated/α-hetero) is 1. The average molecular weight is 248 g/mol. The maximum Gasteiger partial charge on any atom is 0.200 e. The molecule has 0 aliphatic heterocycles. The first-order valence-electron chi connectivity index (χ1n) is 6.01. The van der Waals surface area contributed by atoms with Crippen molar-refractivity contribution in [2.75, 3.05) is 7.11 Å². The molecule has 1 aromatic rings. The van der Waals surface area contributed by atoms with Crippen molar-refractivity contribution in [2.24, 2.45) is 0 Å². The van der Waals surface area contributed by atoms with Crippen LogP contribution in [0.5, 0.6) is 5.75 Å². The van der Waals surface area contributed by atoms with Gasteiger partial charge in [0.05, 0.1) is 7.11 Å². The predicted molar refractivity (Wildman–Crippen MR) is 68.9 cm³/mol. The van der Waals surface area contributed by atoms with E-state index < -0.39 is 11.5 Å². The molecule has 96 valence electrons. The van der Waals surface area contributed by atoms with Crippen LogP contribution in [0, 0.1) is 0 Å². The zero-order valence-corrected chi connectivity index (χ0v) is 10.8. The molecular weight excluding hydrogens is 231 g/mol. The van der Waals surface area contributed by atoms with E-state index in [0.29, 0.717) is 23.3 Å². The Morgan fingerprint density at radius 2 is 2.28 bits per heavy atom. The van der Waals surface area contributed by atoms with Crippen molar-refractivity contribution in [3.8, 4) is 5.75 Å². The highest BCUT2D eigenvalue weighted by molar-refractivity contribution is 6.04.